The topological polar surface area (TPSA) is 66.0 Å². The summed E-state index contributed by atoms with van der Waals surface area (Å²) in [7, 11) is 1.55. The van der Waals surface area contributed by atoms with Crippen LogP contribution in [0.25, 0.3) is 0 Å². The van der Waals surface area contributed by atoms with Crippen molar-refractivity contribution in [1.29, 1.82) is 0 Å². The molecule has 2 aromatic rings. The van der Waals surface area contributed by atoms with Crippen LogP contribution >= 0.6 is 0 Å². The highest BCUT2D eigenvalue weighted by Crippen LogP contribution is 2.42. The van der Waals surface area contributed by atoms with Gasteiger partial charge in [0.2, 0.25) is 0 Å². The molecule has 2 aromatic carbocycles. The number of carbonyl (C=O) groups is 1. The van der Waals surface area contributed by atoms with Crippen molar-refractivity contribution in [2.75, 3.05) is 12.4 Å². The molecule has 1 amide bonds. The van der Waals surface area contributed by atoms with Crippen molar-refractivity contribution < 1.29 is 32.5 Å². The standard InChI is InChI=1S/C17H15F2NO5/c1-10(23-13-6-4-12(22-2)5-7-13)16(21)20-11-3-8-14-15(9-11)25-17(18,19)24-14/h3-10H,1-2H3,(H,20,21)/t10-/m0/s1. The smallest absolute Gasteiger partial charge is 0.497 e. The van der Waals surface area contributed by atoms with E-state index in [-0.39, 0.29) is 17.2 Å². The number of amides is 1. The van der Waals surface area contributed by atoms with E-state index in [1.165, 1.54) is 18.2 Å². The lowest BCUT2D eigenvalue weighted by Crippen LogP contribution is -2.30. The zero-order valence-corrected chi connectivity index (χ0v) is 13.4. The van der Waals surface area contributed by atoms with Crippen LogP contribution in [-0.4, -0.2) is 25.4 Å². The molecular weight excluding hydrogens is 336 g/mol. The molecule has 0 bridgehead atoms. The van der Waals surface area contributed by atoms with E-state index < -0.39 is 18.3 Å². The summed E-state index contributed by atoms with van der Waals surface area (Å²) in [5.41, 5.74) is 0.287. The summed E-state index contributed by atoms with van der Waals surface area (Å²) in [5, 5.41) is 2.57. The molecule has 1 heterocycles. The van der Waals surface area contributed by atoms with Crippen molar-refractivity contribution in [2.45, 2.75) is 19.3 Å². The molecule has 0 unspecified atom stereocenters. The highest BCUT2D eigenvalue weighted by Gasteiger charge is 2.43. The first-order chi connectivity index (χ1) is 11.9. The van der Waals surface area contributed by atoms with Gasteiger partial charge in [-0.3, -0.25) is 4.79 Å². The van der Waals surface area contributed by atoms with Crippen molar-refractivity contribution in [3.8, 4) is 23.0 Å². The lowest BCUT2D eigenvalue weighted by atomic mass is 10.2. The lowest BCUT2D eigenvalue weighted by Gasteiger charge is -2.15. The predicted octanol–water partition coefficient (Wildman–Crippen LogP) is 3.42. The summed E-state index contributed by atoms with van der Waals surface area (Å²) in [5.74, 6) is 0.480. The summed E-state index contributed by atoms with van der Waals surface area (Å²) < 4.78 is 45.2. The van der Waals surface area contributed by atoms with Crippen molar-refractivity contribution >= 4 is 11.6 Å². The Hall–Kier alpha value is -3.03. The molecule has 0 saturated heterocycles. The molecule has 0 spiro atoms. The Morgan fingerprint density at radius 3 is 2.40 bits per heavy atom. The minimum atomic E-state index is -3.70. The quantitative estimate of drug-likeness (QED) is 0.894. The Labute approximate surface area is 142 Å². The van der Waals surface area contributed by atoms with Gasteiger partial charge in [-0.2, -0.15) is 0 Å². The van der Waals surface area contributed by atoms with Gasteiger partial charge >= 0.3 is 6.29 Å². The first-order valence-electron chi connectivity index (χ1n) is 7.38. The van der Waals surface area contributed by atoms with Crippen LogP contribution in [0.15, 0.2) is 42.5 Å². The van der Waals surface area contributed by atoms with Crippen LogP contribution < -0.4 is 24.3 Å². The van der Waals surface area contributed by atoms with Gasteiger partial charge in [0.1, 0.15) is 11.5 Å². The maximum absolute atomic E-state index is 13.0. The fourth-order valence-electron chi connectivity index (χ4n) is 2.18. The average molecular weight is 351 g/mol. The molecule has 0 aromatic heterocycles. The van der Waals surface area contributed by atoms with E-state index in [4.69, 9.17) is 9.47 Å². The molecule has 132 valence electrons. The van der Waals surface area contributed by atoms with Crippen molar-refractivity contribution in [3.05, 3.63) is 42.5 Å². The van der Waals surface area contributed by atoms with Gasteiger partial charge in [-0.15, -0.1) is 8.78 Å². The number of alkyl halides is 2. The molecule has 0 aliphatic carbocycles. The number of hydrogen-bond donors (Lipinski definition) is 1. The molecule has 0 radical (unpaired) electrons. The highest BCUT2D eigenvalue weighted by atomic mass is 19.3. The number of carbonyl (C=O) groups excluding carboxylic acids is 1. The summed E-state index contributed by atoms with van der Waals surface area (Å²) in [6, 6.07) is 10.7. The van der Waals surface area contributed by atoms with Crippen LogP contribution in [0.5, 0.6) is 23.0 Å². The van der Waals surface area contributed by atoms with Gasteiger partial charge in [0.15, 0.2) is 17.6 Å². The van der Waals surface area contributed by atoms with E-state index >= 15 is 0 Å². The number of benzene rings is 2. The minimum Gasteiger partial charge on any atom is -0.497 e. The molecule has 1 aliphatic heterocycles. The van der Waals surface area contributed by atoms with Crippen molar-refractivity contribution in [3.63, 3.8) is 0 Å². The SMILES string of the molecule is COc1ccc(O[C@@H](C)C(=O)Nc2ccc3c(c2)OC(F)(F)O3)cc1. The normalized spacial score (nSPS) is 15.4. The third kappa shape index (κ3) is 3.90. The number of anilines is 1. The van der Waals surface area contributed by atoms with Crippen LogP contribution in [0, 0.1) is 0 Å². The Morgan fingerprint density at radius 1 is 1.08 bits per heavy atom. The van der Waals surface area contributed by atoms with Gasteiger partial charge in [-0.1, -0.05) is 0 Å². The van der Waals surface area contributed by atoms with E-state index in [1.807, 2.05) is 0 Å². The van der Waals surface area contributed by atoms with E-state index in [2.05, 4.69) is 14.8 Å². The fraction of sp³-hybridized carbons (Fsp3) is 0.235. The fourth-order valence-corrected chi connectivity index (χ4v) is 2.18. The summed E-state index contributed by atoms with van der Waals surface area (Å²) in [6.07, 6.45) is -4.50. The zero-order chi connectivity index (χ0) is 18.0. The van der Waals surface area contributed by atoms with E-state index in [1.54, 1.807) is 38.3 Å². The first-order valence-corrected chi connectivity index (χ1v) is 7.38. The molecule has 8 heteroatoms. The van der Waals surface area contributed by atoms with Gasteiger partial charge in [-0.25, -0.2) is 0 Å². The van der Waals surface area contributed by atoms with Crippen LogP contribution in [0.4, 0.5) is 14.5 Å². The van der Waals surface area contributed by atoms with E-state index in [0.29, 0.717) is 11.5 Å². The van der Waals surface area contributed by atoms with Crippen molar-refractivity contribution in [2.24, 2.45) is 0 Å². The molecule has 25 heavy (non-hydrogen) atoms. The molecule has 1 atom stereocenters. The molecule has 1 aliphatic rings. The second-order valence-electron chi connectivity index (χ2n) is 5.25. The highest BCUT2D eigenvalue weighted by molar-refractivity contribution is 5.94. The number of halogens is 2. The third-order valence-corrected chi connectivity index (χ3v) is 3.41. The van der Waals surface area contributed by atoms with Gasteiger partial charge in [-0.05, 0) is 43.3 Å². The van der Waals surface area contributed by atoms with Crippen molar-refractivity contribution in [1.82, 2.24) is 0 Å². The molecule has 0 saturated carbocycles. The third-order valence-electron chi connectivity index (χ3n) is 3.41. The Balaban J connectivity index is 1.62. The number of fused-ring (bicyclic) bond motifs is 1. The monoisotopic (exact) mass is 351 g/mol. The summed E-state index contributed by atoms with van der Waals surface area (Å²) in [6.45, 7) is 1.57. The zero-order valence-electron chi connectivity index (χ0n) is 13.4. The number of ether oxygens (including phenoxy) is 4. The van der Waals surface area contributed by atoms with Crippen LogP contribution in [-0.2, 0) is 4.79 Å². The maximum atomic E-state index is 13.0. The molecular formula is C17H15F2NO5. The number of rotatable bonds is 5. The van der Waals surface area contributed by atoms with Crippen LogP contribution in [0.3, 0.4) is 0 Å². The Morgan fingerprint density at radius 2 is 1.72 bits per heavy atom. The molecule has 3 rings (SSSR count). The van der Waals surface area contributed by atoms with E-state index in [9.17, 15) is 13.6 Å². The predicted molar refractivity (Wildman–Crippen MR) is 84.4 cm³/mol. The van der Waals surface area contributed by atoms with Crippen LogP contribution in [0.2, 0.25) is 0 Å². The van der Waals surface area contributed by atoms with Gasteiger partial charge in [0.05, 0.1) is 7.11 Å². The first kappa shape index (κ1) is 16.8. The maximum Gasteiger partial charge on any atom is 0.586 e. The molecule has 0 fully saturated rings. The Kier molecular flexibility index (Phi) is 4.35. The summed E-state index contributed by atoms with van der Waals surface area (Å²) >= 11 is 0. The molecule has 6 nitrogen and oxygen atoms in total. The van der Waals surface area contributed by atoms with Gasteiger partial charge < -0.3 is 24.3 Å². The lowest BCUT2D eigenvalue weighted by molar-refractivity contribution is -0.286. The van der Waals surface area contributed by atoms with Crippen LogP contribution in [0.1, 0.15) is 6.92 Å². The number of hydrogen-bond acceptors (Lipinski definition) is 5. The van der Waals surface area contributed by atoms with Gasteiger partial charge in [0, 0.05) is 11.8 Å². The molecule has 1 N–H and O–H groups in total. The average Bonchev–Trinajstić information content (AvgIpc) is 2.88. The number of methoxy groups -OCH3 is 1. The summed E-state index contributed by atoms with van der Waals surface area (Å²) in [4.78, 5) is 12.2. The van der Waals surface area contributed by atoms with E-state index in [0.717, 1.165) is 0 Å². The largest absolute Gasteiger partial charge is 0.586 e. The minimum absolute atomic E-state index is 0.0921. The van der Waals surface area contributed by atoms with Gasteiger partial charge in [0.25, 0.3) is 5.91 Å². The number of nitrogens with one attached hydrogen (secondary N) is 1. The Bertz CT molecular complexity index is 779. The second kappa shape index (κ2) is 6.46. The second-order valence-corrected chi connectivity index (χ2v) is 5.25.